The van der Waals surface area contributed by atoms with Crippen LogP contribution in [0.4, 0.5) is 5.82 Å². The molecule has 5 N–H and O–H groups in total. The van der Waals surface area contributed by atoms with Gasteiger partial charge in [0.15, 0.2) is 0 Å². The Balaban J connectivity index is 2.62. The lowest BCUT2D eigenvalue weighted by molar-refractivity contribution is 0.166. The second-order valence-corrected chi connectivity index (χ2v) is 3.07. The van der Waals surface area contributed by atoms with Crippen LogP contribution in [-0.2, 0) is 11.2 Å². The van der Waals surface area contributed by atoms with Crippen LogP contribution in [0.2, 0.25) is 0 Å². The van der Waals surface area contributed by atoms with Gasteiger partial charge in [0.05, 0.1) is 6.61 Å². The zero-order valence-electron chi connectivity index (χ0n) is 8.23. The Morgan fingerprint density at radius 2 is 2.43 bits per heavy atom. The number of hydrogen-bond acceptors (Lipinski definition) is 5. The molecule has 0 fully saturated rings. The predicted molar refractivity (Wildman–Crippen MR) is 55.3 cm³/mol. The van der Waals surface area contributed by atoms with E-state index in [-0.39, 0.29) is 6.04 Å². The summed E-state index contributed by atoms with van der Waals surface area (Å²) in [5.41, 5.74) is 9.35. The van der Waals surface area contributed by atoms with Crippen molar-refractivity contribution in [3.8, 4) is 0 Å². The number of nitrogens with one attached hydrogen (secondary N) is 1. The van der Waals surface area contributed by atoms with Crippen LogP contribution in [0.5, 0.6) is 0 Å². The summed E-state index contributed by atoms with van der Waals surface area (Å²) in [5.74, 6) is 5.91. The number of nitrogens with zero attached hydrogens (tertiary/aromatic N) is 1. The highest BCUT2D eigenvalue weighted by molar-refractivity contribution is 5.38. The first-order chi connectivity index (χ1) is 6.77. The molecule has 0 aromatic carbocycles. The van der Waals surface area contributed by atoms with Gasteiger partial charge in [0, 0.05) is 19.3 Å². The number of rotatable bonds is 5. The van der Waals surface area contributed by atoms with E-state index in [0.29, 0.717) is 18.8 Å². The van der Waals surface area contributed by atoms with Gasteiger partial charge in [0.2, 0.25) is 0 Å². The zero-order chi connectivity index (χ0) is 10.4. The molecule has 1 aromatic heterocycles. The summed E-state index contributed by atoms with van der Waals surface area (Å²) in [5, 5.41) is 0. The first-order valence-corrected chi connectivity index (χ1v) is 4.42. The summed E-state index contributed by atoms with van der Waals surface area (Å²) in [7, 11) is 1.64. The maximum absolute atomic E-state index is 5.70. The van der Waals surface area contributed by atoms with Crippen LogP contribution >= 0.6 is 0 Å². The largest absolute Gasteiger partial charge is 0.383 e. The summed E-state index contributed by atoms with van der Waals surface area (Å²) in [4.78, 5) is 3.99. The lowest BCUT2D eigenvalue weighted by atomic mass is 10.1. The third kappa shape index (κ3) is 2.95. The first-order valence-electron chi connectivity index (χ1n) is 4.42. The van der Waals surface area contributed by atoms with Crippen LogP contribution in [0.15, 0.2) is 18.3 Å². The number of nitrogen functional groups attached to an aromatic ring is 1. The minimum Gasteiger partial charge on any atom is -0.383 e. The standard InChI is InChI=1S/C9H16N4O/c1-14-6-8(13-11)5-7-3-2-4-12-9(7)10/h2-4,8,13H,5-6,11H2,1H3,(H2,10,12). The van der Waals surface area contributed by atoms with Crippen LogP contribution in [0.1, 0.15) is 5.56 Å². The second kappa shape index (κ2) is 5.54. The van der Waals surface area contributed by atoms with Gasteiger partial charge in [0.1, 0.15) is 5.82 Å². The lowest BCUT2D eigenvalue weighted by Crippen LogP contribution is -2.40. The molecule has 1 rings (SSSR count). The molecule has 1 aromatic rings. The fourth-order valence-electron chi connectivity index (χ4n) is 1.26. The molecule has 0 aliphatic heterocycles. The topological polar surface area (TPSA) is 86.2 Å². The van der Waals surface area contributed by atoms with Crippen molar-refractivity contribution in [3.63, 3.8) is 0 Å². The average Bonchev–Trinajstić information content (AvgIpc) is 2.20. The van der Waals surface area contributed by atoms with Crippen molar-refractivity contribution in [1.82, 2.24) is 10.4 Å². The first kappa shape index (κ1) is 10.9. The predicted octanol–water partition coefficient (Wildman–Crippen LogP) is -0.315. The molecule has 0 aliphatic carbocycles. The Morgan fingerprint density at radius 3 is 3.00 bits per heavy atom. The molecule has 0 aliphatic rings. The molecule has 0 bridgehead atoms. The number of ether oxygens (including phenoxy) is 1. The van der Waals surface area contributed by atoms with Gasteiger partial charge in [-0.2, -0.15) is 0 Å². The molecule has 1 heterocycles. The van der Waals surface area contributed by atoms with Gasteiger partial charge in [-0.15, -0.1) is 0 Å². The molecule has 1 atom stereocenters. The van der Waals surface area contributed by atoms with E-state index in [2.05, 4.69) is 10.4 Å². The minimum atomic E-state index is 0.0616. The maximum Gasteiger partial charge on any atom is 0.126 e. The summed E-state index contributed by atoms with van der Waals surface area (Å²) >= 11 is 0. The van der Waals surface area contributed by atoms with Crippen molar-refractivity contribution in [1.29, 1.82) is 0 Å². The number of nitrogens with two attached hydrogens (primary N) is 2. The fourth-order valence-corrected chi connectivity index (χ4v) is 1.26. The average molecular weight is 196 g/mol. The molecule has 5 heteroatoms. The number of aromatic nitrogens is 1. The van der Waals surface area contributed by atoms with E-state index in [4.69, 9.17) is 16.3 Å². The van der Waals surface area contributed by atoms with Crippen LogP contribution < -0.4 is 17.0 Å². The van der Waals surface area contributed by atoms with E-state index in [0.717, 1.165) is 5.56 Å². The molecule has 14 heavy (non-hydrogen) atoms. The normalized spacial score (nSPS) is 12.7. The summed E-state index contributed by atoms with van der Waals surface area (Å²) in [6.45, 7) is 0.546. The van der Waals surface area contributed by atoms with Crippen molar-refractivity contribution in [3.05, 3.63) is 23.9 Å². The van der Waals surface area contributed by atoms with Gasteiger partial charge < -0.3 is 10.5 Å². The fraction of sp³-hybridized carbons (Fsp3) is 0.444. The van der Waals surface area contributed by atoms with Crippen LogP contribution in [0, 0.1) is 0 Å². The Morgan fingerprint density at radius 1 is 1.64 bits per heavy atom. The summed E-state index contributed by atoms with van der Waals surface area (Å²) in [6, 6.07) is 3.85. The highest BCUT2D eigenvalue weighted by Crippen LogP contribution is 2.09. The van der Waals surface area contributed by atoms with Crippen LogP contribution in [0.25, 0.3) is 0 Å². The summed E-state index contributed by atoms with van der Waals surface area (Å²) in [6.07, 6.45) is 2.38. The SMILES string of the molecule is COCC(Cc1cccnc1N)NN. The van der Waals surface area contributed by atoms with Gasteiger partial charge in [-0.3, -0.25) is 11.3 Å². The lowest BCUT2D eigenvalue weighted by Gasteiger charge is -2.15. The molecular weight excluding hydrogens is 180 g/mol. The highest BCUT2D eigenvalue weighted by Gasteiger charge is 2.09. The monoisotopic (exact) mass is 196 g/mol. The number of hydrogen-bond donors (Lipinski definition) is 3. The molecule has 0 saturated heterocycles. The third-order valence-electron chi connectivity index (χ3n) is 2.00. The number of anilines is 1. The molecule has 0 amide bonds. The Bertz CT molecular complexity index is 279. The van der Waals surface area contributed by atoms with Gasteiger partial charge in [-0.1, -0.05) is 6.07 Å². The van der Waals surface area contributed by atoms with Crippen molar-refractivity contribution < 1.29 is 4.74 Å². The van der Waals surface area contributed by atoms with Gasteiger partial charge in [0.25, 0.3) is 0 Å². The van der Waals surface area contributed by atoms with E-state index in [1.165, 1.54) is 0 Å². The van der Waals surface area contributed by atoms with Crippen LogP contribution in [-0.4, -0.2) is 24.7 Å². The third-order valence-corrected chi connectivity index (χ3v) is 2.00. The minimum absolute atomic E-state index is 0.0616. The van der Waals surface area contributed by atoms with Crippen molar-refractivity contribution in [2.75, 3.05) is 19.5 Å². The van der Waals surface area contributed by atoms with Gasteiger partial charge in [-0.05, 0) is 18.1 Å². The van der Waals surface area contributed by atoms with Crippen LogP contribution in [0.3, 0.4) is 0 Å². The van der Waals surface area contributed by atoms with E-state index >= 15 is 0 Å². The highest BCUT2D eigenvalue weighted by atomic mass is 16.5. The van der Waals surface area contributed by atoms with E-state index in [9.17, 15) is 0 Å². The van der Waals surface area contributed by atoms with Crippen molar-refractivity contribution in [2.45, 2.75) is 12.5 Å². The second-order valence-electron chi connectivity index (χ2n) is 3.07. The number of hydrazine groups is 1. The molecule has 0 radical (unpaired) electrons. The van der Waals surface area contributed by atoms with E-state index < -0.39 is 0 Å². The van der Waals surface area contributed by atoms with Crippen molar-refractivity contribution in [2.24, 2.45) is 5.84 Å². The Hall–Kier alpha value is -1.17. The molecule has 0 saturated carbocycles. The maximum atomic E-state index is 5.70. The Labute approximate surface area is 83.4 Å². The smallest absolute Gasteiger partial charge is 0.126 e. The molecule has 5 nitrogen and oxygen atoms in total. The molecule has 1 unspecified atom stereocenters. The molecular formula is C9H16N4O. The summed E-state index contributed by atoms with van der Waals surface area (Å²) < 4.78 is 5.00. The van der Waals surface area contributed by atoms with Gasteiger partial charge in [-0.25, -0.2) is 4.98 Å². The van der Waals surface area contributed by atoms with E-state index in [1.54, 1.807) is 13.3 Å². The van der Waals surface area contributed by atoms with Crippen molar-refractivity contribution >= 4 is 5.82 Å². The van der Waals surface area contributed by atoms with Gasteiger partial charge >= 0.3 is 0 Å². The molecule has 78 valence electrons. The van der Waals surface area contributed by atoms with E-state index in [1.807, 2.05) is 12.1 Å². The number of methoxy groups -OCH3 is 1. The quantitative estimate of drug-likeness (QED) is 0.444. The Kier molecular flexibility index (Phi) is 4.31. The number of pyridine rings is 1. The zero-order valence-corrected chi connectivity index (χ0v) is 8.23. The molecule has 0 spiro atoms.